The van der Waals surface area contributed by atoms with Crippen molar-refractivity contribution in [2.75, 3.05) is 11.4 Å². The molecule has 0 amide bonds. The zero-order valence-electron chi connectivity index (χ0n) is 12.3. The molecule has 5 nitrogen and oxygen atoms in total. The summed E-state index contributed by atoms with van der Waals surface area (Å²) >= 11 is 0. The first-order chi connectivity index (χ1) is 10.3. The molecule has 3 aliphatic rings. The molecular weight excluding hydrogens is 264 g/mol. The fraction of sp³-hybridized carbons (Fsp3) is 0.625. The van der Waals surface area contributed by atoms with Gasteiger partial charge in [-0.25, -0.2) is 4.98 Å². The molecule has 112 valence electrons. The predicted octanol–water partition coefficient (Wildman–Crippen LogP) is 2.04. The highest BCUT2D eigenvalue weighted by Crippen LogP contribution is 2.41. The number of amidine groups is 1. The topological polar surface area (TPSA) is 74.7 Å². The average Bonchev–Trinajstić information content (AvgIpc) is 3.15. The third-order valence-corrected chi connectivity index (χ3v) is 5.35. The molecule has 0 aromatic carbocycles. The van der Waals surface area contributed by atoms with E-state index >= 15 is 0 Å². The van der Waals surface area contributed by atoms with Crippen molar-refractivity contribution in [1.82, 2.24) is 4.98 Å². The van der Waals surface area contributed by atoms with Gasteiger partial charge in [0.15, 0.2) is 5.84 Å². The van der Waals surface area contributed by atoms with Crippen molar-refractivity contribution in [3.05, 3.63) is 22.9 Å². The molecule has 2 bridgehead atoms. The molecule has 1 saturated heterocycles. The second-order valence-electron chi connectivity index (χ2n) is 6.64. The van der Waals surface area contributed by atoms with Crippen molar-refractivity contribution >= 4 is 11.7 Å². The van der Waals surface area contributed by atoms with Crippen LogP contribution in [-0.4, -0.2) is 28.6 Å². The number of rotatable bonds is 2. The summed E-state index contributed by atoms with van der Waals surface area (Å²) in [6.45, 7) is 1.07. The average molecular weight is 286 g/mol. The number of aryl methyl sites for hydroxylation is 2. The molecule has 2 fully saturated rings. The van der Waals surface area contributed by atoms with Crippen LogP contribution < -0.4 is 10.6 Å². The Morgan fingerprint density at radius 2 is 2.19 bits per heavy atom. The molecule has 2 unspecified atom stereocenters. The molecule has 1 aliphatic heterocycles. The number of pyridine rings is 1. The van der Waals surface area contributed by atoms with Crippen molar-refractivity contribution in [3.63, 3.8) is 0 Å². The minimum absolute atomic E-state index is 0.189. The van der Waals surface area contributed by atoms with Crippen LogP contribution >= 0.6 is 0 Å². The normalized spacial score (nSPS) is 28.0. The van der Waals surface area contributed by atoms with Gasteiger partial charge in [0.05, 0.1) is 5.56 Å². The zero-order valence-corrected chi connectivity index (χ0v) is 12.3. The summed E-state index contributed by atoms with van der Waals surface area (Å²) in [6.07, 6.45) is 8.39. The van der Waals surface area contributed by atoms with Gasteiger partial charge in [-0.1, -0.05) is 5.16 Å². The van der Waals surface area contributed by atoms with Gasteiger partial charge in [0.25, 0.3) is 0 Å². The molecule has 2 atom stereocenters. The third kappa shape index (κ3) is 2.06. The van der Waals surface area contributed by atoms with Crippen molar-refractivity contribution in [1.29, 1.82) is 0 Å². The summed E-state index contributed by atoms with van der Waals surface area (Å²) in [5, 5.41) is 12.3. The van der Waals surface area contributed by atoms with Crippen LogP contribution in [-0.2, 0) is 12.8 Å². The van der Waals surface area contributed by atoms with E-state index in [-0.39, 0.29) is 5.84 Å². The van der Waals surface area contributed by atoms with E-state index in [1.165, 1.54) is 43.4 Å². The van der Waals surface area contributed by atoms with Gasteiger partial charge in [0, 0.05) is 18.3 Å². The maximum absolute atomic E-state index is 9.11. The number of aromatic nitrogens is 1. The van der Waals surface area contributed by atoms with Crippen molar-refractivity contribution in [2.24, 2.45) is 16.8 Å². The summed E-state index contributed by atoms with van der Waals surface area (Å²) in [4.78, 5) is 7.34. The third-order valence-electron chi connectivity index (χ3n) is 5.35. The number of hydrogen-bond donors (Lipinski definition) is 2. The van der Waals surface area contributed by atoms with Gasteiger partial charge in [-0.2, -0.15) is 0 Å². The molecule has 0 radical (unpaired) electrons. The lowest BCUT2D eigenvalue weighted by molar-refractivity contribution is 0.318. The minimum Gasteiger partial charge on any atom is -0.409 e. The SMILES string of the molecule is NC(=NO)c1cc2c(nc1N1CC3CCC1C3)CCCC2. The van der Waals surface area contributed by atoms with E-state index in [2.05, 4.69) is 16.1 Å². The molecule has 1 aromatic heterocycles. The van der Waals surface area contributed by atoms with Crippen LogP contribution in [0.1, 0.15) is 48.9 Å². The number of fused-ring (bicyclic) bond motifs is 3. The van der Waals surface area contributed by atoms with Gasteiger partial charge in [0.2, 0.25) is 0 Å². The summed E-state index contributed by atoms with van der Waals surface area (Å²) < 4.78 is 0. The van der Waals surface area contributed by atoms with Gasteiger partial charge in [-0.15, -0.1) is 0 Å². The second-order valence-corrected chi connectivity index (χ2v) is 6.64. The quantitative estimate of drug-likeness (QED) is 0.377. The van der Waals surface area contributed by atoms with Crippen LogP contribution in [0, 0.1) is 5.92 Å². The van der Waals surface area contributed by atoms with Crippen LogP contribution in [0.2, 0.25) is 0 Å². The fourth-order valence-corrected chi connectivity index (χ4v) is 4.27. The van der Waals surface area contributed by atoms with E-state index in [0.29, 0.717) is 6.04 Å². The number of anilines is 1. The van der Waals surface area contributed by atoms with Gasteiger partial charge < -0.3 is 15.8 Å². The molecule has 5 heteroatoms. The zero-order chi connectivity index (χ0) is 14.4. The van der Waals surface area contributed by atoms with Gasteiger partial charge in [0.1, 0.15) is 5.82 Å². The number of hydrogen-bond acceptors (Lipinski definition) is 4. The first-order valence-corrected chi connectivity index (χ1v) is 8.03. The molecule has 3 N–H and O–H groups in total. The minimum atomic E-state index is 0.189. The Bertz CT molecular complexity index is 598. The van der Waals surface area contributed by atoms with E-state index in [1.54, 1.807) is 0 Å². The highest BCUT2D eigenvalue weighted by Gasteiger charge is 2.39. The molecule has 2 aliphatic carbocycles. The van der Waals surface area contributed by atoms with E-state index < -0.39 is 0 Å². The first-order valence-electron chi connectivity index (χ1n) is 8.03. The summed E-state index contributed by atoms with van der Waals surface area (Å²) in [7, 11) is 0. The Morgan fingerprint density at radius 3 is 2.90 bits per heavy atom. The Balaban J connectivity index is 1.80. The largest absolute Gasteiger partial charge is 0.409 e. The molecule has 4 rings (SSSR count). The second kappa shape index (κ2) is 4.90. The van der Waals surface area contributed by atoms with E-state index in [9.17, 15) is 0 Å². The highest BCUT2D eigenvalue weighted by molar-refractivity contribution is 6.01. The maximum Gasteiger partial charge on any atom is 0.173 e. The van der Waals surface area contributed by atoms with E-state index in [4.69, 9.17) is 15.9 Å². The Kier molecular flexibility index (Phi) is 3.01. The van der Waals surface area contributed by atoms with Crippen molar-refractivity contribution in [2.45, 2.75) is 51.0 Å². The molecule has 1 aromatic rings. The Labute approximate surface area is 124 Å². The van der Waals surface area contributed by atoms with Crippen molar-refractivity contribution in [3.8, 4) is 0 Å². The fourth-order valence-electron chi connectivity index (χ4n) is 4.27. The number of nitrogens with zero attached hydrogens (tertiary/aromatic N) is 3. The molecule has 0 spiro atoms. The lowest BCUT2D eigenvalue weighted by atomic mass is 9.94. The maximum atomic E-state index is 9.11. The van der Waals surface area contributed by atoms with Gasteiger partial charge in [-0.05, 0) is 62.5 Å². The lowest BCUT2D eigenvalue weighted by Crippen LogP contribution is -2.35. The first kappa shape index (κ1) is 12.9. The monoisotopic (exact) mass is 286 g/mol. The number of piperidine rings is 1. The molecular formula is C16H22N4O. The summed E-state index contributed by atoms with van der Waals surface area (Å²) in [5.41, 5.74) is 9.23. The van der Waals surface area contributed by atoms with Gasteiger partial charge >= 0.3 is 0 Å². The number of oxime groups is 1. The van der Waals surface area contributed by atoms with E-state index in [1.807, 2.05) is 0 Å². The van der Waals surface area contributed by atoms with Crippen LogP contribution in [0.3, 0.4) is 0 Å². The summed E-state index contributed by atoms with van der Waals surface area (Å²) in [5.74, 6) is 1.93. The van der Waals surface area contributed by atoms with Crippen LogP contribution in [0.15, 0.2) is 11.2 Å². The predicted molar refractivity (Wildman–Crippen MR) is 81.9 cm³/mol. The summed E-state index contributed by atoms with van der Waals surface area (Å²) in [6, 6.07) is 2.70. The highest BCUT2D eigenvalue weighted by atomic mass is 16.4. The van der Waals surface area contributed by atoms with Crippen LogP contribution in [0.4, 0.5) is 5.82 Å². The van der Waals surface area contributed by atoms with Gasteiger partial charge in [-0.3, -0.25) is 0 Å². The van der Waals surface area contributed by atoms with Crippen molar-refractivity contribution < 1.29 is 5.21 Å². The molecule has 21 heavy (non-hydrogen) atoms. The van der Waals surface area contributed by atoms with Crippen LogP contribution in [0.25, 0.3) is 0 Å². The number of nitrogens with two attached hydrogens (primary N) is 1. The molecule has 1 saturated carbocycles. The molecule has 2 heterocycles. The smallest absolute Gasteiger partial charge is 0.173 e. The Morgan fingerprint density at radius 1 is 1.33 bits per heavy atom. The van der Waals surface area contributed by atoms with E-state index in [0.717, 1.165) is 36.7 Å². The Hall–Kier alpha value is -1.78. The van der Waals surface area contributed by atoms with Crippen LogP contribution in [0.5, 0.6) is 0 Å². The lowest BCUT2D eigenvalue weighted by Gasteiger charge is -2.31. The standard InChI is InChI=1S/C16H22N4O/c17-15(19-21)13-8-11-3-1-2-4-14(11)18-16(13)20-9-10-5-6-12(20)7-10/h8,10,12,21H,1-7,9H2,(H2,17,19).